The molecule has 0 heterocycles. The number of aryl methyl sites for hydroxylation is 1. The van der Waals surface area contributed by atoms with E-state index in [0.717, 1.165) is 18.7 Å². The summed E-state index contributed by atoms with van der Waals surface area (Å²) in [6, 6.07) is 7.03. The van der Waals surface area contributed by atoms with E-state index >= 15 is 0 Å². The number of benzene rings is 1. The van der Waals surface area contributed by atoms with Crippen molar-refractivity contribution in [3.8, 4) is 5.75 Å². The molecule has 0 aromatic heterocycles. The number of rotatable bonds is 6. The van der Waals surface area contributed by atoms with Gasteiger partial charge in [0.05, 0.1) is 0 Å². The number of ether oxygens (including phenoxy) is 1. The van der Waals surface area contributed by atoms with Gasteiger partial charge in [-0.2, -0.15) is 0 Å². The van der Waals surface area contributed by atoms with Crippen LogP contribution in [0.3, 0.4) is 0 Å². The van der Waals surface area contributed by atoms with Crippen molar-refractivity contribution < 1.29 is 4.74 Å². The van der Waals surface area contributed by atoms with E-state index in [1.807, 2.05) is 0 Å². The first-order valence-electron chi connectivity index (χ1n) is 7.75. The third kappa shape index (κ3) is 5.16. The van der Waals surface area contributed by atoms with Crippen molar-refractivity contribution in [3.05, 3.63) is 29.3 Å². The van der Waals surface area contributed by atoms with Gasteiger partial charge in [0, 0.05) is 12.6 Å². The lowest BCUT2D eigenvalue weighted by atomic mass is 9.86. The van der Waals surface area contributed by atoms with E-state index in [0.29, 0.717) is 6.04 Å². The highest BCUT2D eigenvalue weighted by Gasteiger charge is 2.20. The molecular formula is C18H31NO. The number of nitrogens with one attached hydrogen (secondary N) is 1. The fraction of sp³-hybridized carbons (Fsp3) is 0.667. The van der Waals surface area contributed by atoms with Gasteiger partial charge in [-0.25, -0.2) is 0 Å². The van der Waals surface area contributed by atoms with Crippen molar-refractivity contribution in [2.75, 3.05) is 6.54 Å². The summed E-state index contributed by atoms with van der Waals surface area (Å²) in [5.74, 6) is 1.04. The fourth-order valence-electron chi connectivity index (χ4n) is 2.16. The second-order valence-electron chi connectivity index (χ2n) is 6.96. The summed E-state index contributed by atoms with van der Waals surface area (Å²) < 4.78 is 6.29. The first kappa shape index (κ1) is 17.0. The van der Waals surface area contributed by atoms with E-state index < -0.39 is 0 Å². The van der Waals surface area contributed by atoms with Crippen LogP contribution >= 0.6 is 0 Å². The Balaban J connectivity index is 2.91. The van der Waals surface area contributed by atoms with E-state index in [9.17, 15) is 0 Å². The Morgan fingerprint density at radius 3 is 2.35 bits per heavy atom. The quantitative estimate of drug-likeness (QED) is 0.829. The first-order chi connectivity index (χ1) is 9.24. The van der Waals surface area contributed by atoms with Crippen LogP contribution in [-0.4, -0.2) is 18.7 Å². The van der Waals surface area contributed by atoms with Crippen molar-refractivity contribution in [2.24, 2.45) is 0 Å². The average molecular weight is 277 g/mol. The van der Waals surface area contributed by atoms with Crippen LogP contribution in [0.2, 0.25) is 0 Å². The van der Waals surface area contributed by atoms with Crippen LogP contribution in [0.25, 0.3) is 0 Å². The van der Waals surface area contributed by atoms with E-state index in [-0.39, 0.29) is 11.5 Å². The first-order valence-corrected chi connectivity index (χ1v) is 7.75. The van der Waals surface area contributed by atoms with Crippen molar-refractivity contribution in [1.29, 1.82) is 0 Å². The highest BCUT2D eigenvalue weighted by Crippen LogP contribution is 2.32. The lowest BCUT2D eigenvalue weighted by Crippen LogP contribution is -2.35. The van der Waals surface area contributed by atoms with Gasteiger partial charge in [-0.3, -0.25) is 0 Å². The lowest BCUT2D eigenvalue weighted by Gasteiger charge is -2.27. The molecule has 0 saturated heterocycles. The predicted molar refractivity (Wildman–Crippen MR) is 87.7 cm³/mol. The summed E-state index contributed by atoms with van der Waals surface area (Å²) in [4.78, 5) is 0. The van der Waals surface area contributed by atoms with Gasteiger partial charge in [0.2, 0.25) is 0 Å². The van der Waals surface area contributed by atoms with E-state index in [2.05, 4.69) is 72.0 Å². The van der Waals surface area contributed by atoms with Crippen molar-refractivity contribution in [3.63, 3.8) is 0 Å². The Bertz CT molecular complexity index is 418. The number of hydrogen-bond donors (Lipinski definition) is 1. The van der Waals surface area contributed by atoms with Crippen LogP contribution in [0.4, 0.5) is 0 Å². The molecule has 20 heavy (non-hydrogen) atoms. The molecule has 0 spiro atoms. The highest BCUT2D eigenvalue weighted by molar-refractivity contribution is 5.41. The minimum atomic E-state index is 0.104. The predicted octanol–water partition coefficient (Wildman–Crippen LogP) is 4.45. The molecule has 0 aliphatic heterocycles. The summed E-state index contributed by atoms with van der Waals surface area (Å²) in [6.45, 7) is 16.2. The smallest absolute Gasteiger partial charge is 0.123 e. The zero-order valence-corrected chi connectivity index (χ0v) is 14.2. The van der Waals surface area contributed by atoms with Gasteiger partial charge < -0.3 is 10.1 Å². The Hall–Kier alpha value is -1.02. The van der Waals surface area contributed by atoms with E-state index in [4.69, 9.17) is 4.74 Å². The monoisotopic (exact) mass is 277 g/mol. The molecule has 114 valence electrons. The molecule has 2 heteroatoms. The maximum absolute atomic E-state index is 6.29. The molecule has 0 saturated carbocycles. The normalized spacial score (nSPS) is 13.6. The largest absolute Gasteiger partial charge is 0.489 e. The van der Waals surface area contributed by atoms with Crippen LogP contribution in [-0.2, 0) is 5.41 Å². The Labute approximate surface area is 124 Å². The maximum atomic E-state index is 6.29. The molecule has 0 amide bonds. The highest BCUT2D eigenvalue weighted by atomic mass is 16.5. The van der Waals surface area contributed by atoms with Gasteiger partial charge in [0.25, 0.3) is 0 Å². The van der Waals surface area contributed by atoms with E-state index in [1.165, 1.54) is 11.1 Å². The molecule has 1 unspecified atom stereocenters. The van der Waals surface area contributed by atoms with Crippen molar-refractivity contribution in [1.82, 2.24) is 5.32 Å². The molecule has 1 aromatic rings. The molecule has 1 N–H and O–H groups in total. The standard InChI is InChI=1S/C18H31NO/c1-8-15(12-19-13(2)3)20-17-11-14(4)9-10-16(17)18(5,6)7/h9-11,13,15,19H,8,12H2,1-7H3. The van der Waals surface area contributed by atoms with Gasteiger partial charge in [-0.15, -0.1) is 0 Å². The molecule has 0 bridgehead atoms. The minimum absolute atomic E-state index is 0.104. The summed E-state index contributed by atoms with van der Waals surface area (Å²) >= 11 is 0. The van der Waals surface area contributed by atoms with Gasteiger partial charge in [-0.05, 0) is 36.0 Å². The molecule has 0 aliphatic carbocycles. The Morgan fingerprint density at radius 1 is 1.20 bits per heavy atom. The van der Waals surface area contributed by atoms with Crippen LogP contribution in [0, 0.1) is 6.92 Å². The van der Waals surface area contributed by atoms with Gasteiger partial charge in [-0.1, -0.05) is 53.7 Å². The van der Waals surface area contributed by atoms with Crippen molar-refractivity contribution in [2.45, 2.75) is 72.4 Å². The lowest BCUT2D eigenvalue weighted by molar-refractivity contribution is 0.186. The zero-order valence-electron chi connectivity index (χ0n) is 14.2. The van der Waals surface area contributed by atoms with Gasteiger partial charge >= 0.3 is 0 Å². The molecule has 0 aliphatic rings. The molecule has 1 atom stereocenters. The number of hydrogen-bond acceptors (Lipinski definition) is 2. The molecule has 1 rings (SSSR count). The molecule has 2 nitrogen and oxygen atoms in total. The summed E-state index contributed by atoms with van der Waals surface area (Å²) in [7, 11) is 0. The average Bonchev–Trinajstić information content (AvgIpc) is 2.32. The van der Waals surface area contributed by atoms with Crippen LogP contribution < -0.4 is 10.1 Å². The van der Waals surface area contributed by atoms with Crippen LogP contribution in [0.5, 0.6) is 5.75 Å². The SMILES string of the molecule is CCC(CNC(C)C)Oc1cc(C)ccc1C(C)(C)C. The summed E-state index contributed by atoms with van der Waals surface area (Å²) in [6.07, 6.45) is 1.23. The second kappa shape index (κ2) is 7.12. The Kier molecular flexibility index (Phi) is 6.07. The third-order valence-electron chi connectivity index (χ3n) is 3.45. The molecule has 1 aromatic carbocycles. The minimum Gasteiger partial charge on any atom is -0.489 e. The molecule has 0 radical (unpaired) electrons. The summed E-state index contributed by atoms with van der Waals surface area (Å²) in [5, 5.41) is 3.46. The topological polar surface area (TPSA) is 21.3 Å². The Morgan fingerprint density at radius 2 is 1.85 bits per heavy atom. The van der Waals surface area contributed by atoms with Crippen LogP contribution in [0.15, 0.2) is 18.2 Å². The van der Waals surface area contributed by atoms with Crippen molar-refractivity contribution >= 4 is 0 Å². The zero-order chi connectivity index (χ0) is 15.3. The van der Waals surface area contributed by atoms with Crippen LogP contribution in [0.1, 0.15) is 59.1 Å². The molecule has 0 fully saturated rings. The van der Waals surface area contributed by atoms with Gasteiger partial charge in [0.1, 0.15) is 11.9 Å². The molecular weight excluding hydrogens is 246 g/mol. The second-order valence-corrected chi connectivity index (χ2v) is 6.96. The fourth-order valence-corrected chi connectivity index (χ4v) is 2.16. The van der Waals surface area contributed by atoms with E-state index in [1.54, 1.807) is 0 Å². The summed E-state index contributed by atoms with van der Waals surface area (Å²) in [5.41, 5.74) is 2.64. The van der Waals surface area contributed by atoms with Gasteiger partial charge in [0.15, 0.2) is 0 Å². The third-order valence-corrected chi connectivity index (χ3v) is 3.45. The maximum Gasteiger partial charge on any atom is 0.123 e.